The highest BCUT2D eigenvalue weighted by Gasteiger charge is 2.52. The molecule has 3 heterocycles. The number of piperidine rings is 1. The van der Waals surface area contributed by atoms with Gasteiger partial charge >= 0.3 is 6.18 Å². The first-order chi connectivity index (χ1) is 16.9. The van der Waals surface area contributed by atoms with E-state index >= 15 is 0 Å². The van der Waals surface area contributed by atoms with Crippen molar-refractivity contribution in [2.24, 2.45) is 0 Å². The number of fused-ring (bicyclic) bond motifs is 2. The number of hydrogen-bond donors (Lipinski definition) is 1. The maximum absolute atomic E-state index is 13.6. The van der Waals surface area contributed by atoms with Crippen molar-refractivity contribution >= 4 is 5.91 Å². The molecule has 2 aliphatic heterocycles. The normalized spacial score (nSPS) is 20.5. The van der Waals surface area contributed by atoms with Gasteiger partial charge in [0.05, 0.1) is 11.1 Å². The van der Waals surface area contributed by atoms with Gasteiger partial charge in [0, 0.05) is 43.5 Å². The molecule has 5 rings (SSSR count). The van der Waals surface area contributed by atoms with Crippen molar-refractivity contribution in [2.45, 2.75) is 76.4 Å². The second-order valence-electron chi connectivity index (χ2n) is 11.1. The SMILES string of the molecule is Cc1cc(C(=O)N2CCC3(CC2)c2ccc(C(F)(F)F)n2CCN3C2CC2)ccc1OCC(C)(C)O. The van der Waals surface area contributed by atoms with Gasteiger partial charge in [0.1, 0.15) is 18.1 Å². The molecule has 6 nitrogen and oxygen atoms in total. The summed E-state index contributed by atoms with van der Waals surface area (Å²) in [4.78, 5) is 17.6. The van der Waals surface area contributed by atoms with Crippen LogP contribution < -0.4 is 4.74 Å². The molecular weight excluding hydrogens is 471 g/mol. The van der Waals surface area contributed by atoms with E-state index in [1.54, 1.807) is 38.1 Å². The van der Waals surface area contributed by atoms with Crippen molar-refractivity contribution in [3.63, 3.8) is 0 Å². The molecule has 1 aliphatic carbocycles. The first-order valence-corrected chi connectivity index (χ1v) is 12.7. The smallest absolute Gasteiger partial charge is 0.431 e. The number of amides is 1. The average Bonchev–Trinajstić information content (AvgIpc) is 3.53. The Kier molecular flexibility index (Phi) is 6.15. The molecule has 9 heteroatoms. The minimum atomic E-state index is -4.38. The van der Waals surface area contributed by atoms with Gasteiger partial charge in [-0.3, -0.25) is 9.69 Å². The fourth-order valence-electron chi connectivity index (χ4n) is 5.85. The zero-order valence-corrected chi connectivity index (χ0v) is 21.1. The Hall–Kier alpha value is -2.52. The lowest BCUT2D eigenvalue weighted by molar-refractivity contribution is -0.145. The van der Waals surface area contributed by atoms with Gasteiger partial charge in [-0.25, -0.2) is 0 Å². The van der Waals surface area contributed by atoms with E-state index in [9.17, 15) is 23.1 Å². The van der Waals surface area contributed by atoms with E-state index in [4.69, 9.17) is 4.74 Å². The van der Waals surface area contributed by atoms with E-state index in [1.165, 1.54) is 10.6 Å². The van der Waals surface area contributed by atoms with Gasteiger partial charge in [0.15, 0.2) is 0 Å². The lowest BCUT2D eigenvalue weighted by Crippen LogP contribution is -2.58. The number of likely N-dealkylation sites (tertiary alicyclic amines) is 1. The van der Waals surface area contributed by atoms with Gasteiger partial charge in [0.25, 0.3) is 5.91 Å². The molecule has 0 atom stereocenters. The Labute approximate surface area is 209 Å². The van der Waals surface area contributed by atoms with Gasteiger partial charge in [0.2, 0.25) is 0 Å². The molecule has 1 N–H and O–H groups in total. The van der Waals surface area contributed by atoms with Gasteiger partial charge in [-0.15, -0.1) is 0 Å². The summed E-state index contributed by atoms with van der Waals surface area (Å²) in [6.45, 7) is 7.28. The molecule has 1 aromatic heterocycles. The van der Waals surface area contributed by atoms with Crippen molar-refractivity contribution in [2.75, 3.05) is 26.2 Å². The lowest BCUT2D eigenvalue weighted by Gasteiger charge is -2.52. The minimum Gasteiger partial charge on any atom is -0.490 e. The van der Waals surface area contributed by atoms with Crippen LogP contribution in [0.2, 0.25) is 0 Å². The molecule has 1 aromatic carbocycles. The van der Waals surface area contributed by atoms with Crippen LogP contribution in [-0.4, -0.2) is 63.3 Å². The Balaban J connectivity index is 1.34. The number of carbonyl (C=O) groups excluding carboxylic acids is 1. The van der Waals surface area contributed by atoms with E-state index in [-0.39, 0.29) is 12.5 Å². The lowest BCUT2D eigenvalue weighted by atomic mass is 9.80. The monoisotopic (exact) mass is 505 g/mol. The van der Waals surface area contributed by atoms with Gasteiger partial charge in [-0.05, 0) is 82.3 Å². The molecule has 1 saturated heterocycles. The van der Waals surface area contributed by atoms with Crippen molar-refractivity contribution in [3.05, 3.63) is 52.8 Å². The summed E-state index contributed by atoms with van der Waals surface area (Å²) in [6.07, 6.45) is -0.986. The molecule has 1 spiro atoms. The van der Waals surface area contributed by atoms with Crippen molar-refractivity contribution in [1.82, 2.24) is 14.4 Å². The molecule has 3 aliphatic rings. The standard InChI is InChI=1S/C27H34F3N3O3/c1-18-16-19(4-7-21(18)36-17-25(2,3)35)24(34)31-12-10-26(11-13-31)22-8-9-23(27(28,29)30)32(22)14-15-33(26)20-5-6-20/h4,7-9,16,20,35H,5-6,10-15,17H2,1-3H3. The summed E-state index contributed by atoms with van der Waals surface area (Å²) in [7, 11) is 0. The number of ether oxygens (including phenoxy) is 1. The van der Waals surface area contributed by atoms with Gasteiger partial charge in [-0.2, -0.15) is 13.2 Å². The van der Waals surface area contributed by atoms with Crippen molar-refractivity contribution in [3.8, 4) is 5.75 Å². The maximum Gasteiger partial charge on any atom is 0.431 e. The number of rotatable bonds is 5. The number of aliphatic hydroxyl groups is 1. The highest BCUT2D eigenvalue weighted by molar-refractivity contribution is 5.94. The van der Waals surface area contributed by atoms with Crippen LogP contribution in [0, 0.1) is 6.92 Å². The minimum absolute atomic E-state index is 0.0814. The van der Waals surface area contributed by atoms with Crippen molar-refractivity contribution < 1.29 is 27.8 Å². The highest BCUT2D eigenvalue weighted by atomic mass is 19.4. The fourth-order valence-corrected chi connectivity index (χ4v) is 5.85. The third-order valence-electron chi connectivity index (χ3n) is 7.73. The highest BCUT2D eigenvalue weighted by Crippen LogP contribution is 2.48. The molecule has 2 aromatic rings. The maximum atomic E-state index is 13.6. The Morgan fingerprint density at radius 3 is 2.36 bits per heavy atom. The molecular formula is C27H34F3N3O3. The number of carbonyl (C=O) groups is 1. The summed E-state index contributed by atoms with van der Waals surface area (Å²) >= 11 is 0. The number of nitrogens with zero attached hydrogens (tertiary/aromatic N) is 3. The van der Waals surface area contributed by atoms with E-state index in [1.807, 2.05) is 11.8 Å². The van der Waals surface area contributed by atoms with Crippen LogP contribution in [0.3, 0.4) is 0 Å². The third kappa shape index (κ3) is 4.63. The summed E-state index contributed by atoms with van der Waals surface area (Å²) in [6, 6.07) is 8.58. The first-order valence-electron chi connectivity index (χ1n) is 12.7. The number of aromatic nitrogens is 1. The topological polar surface area (TPSA) is 57.9 Å². The predicted octanol–water partition coefficient (Wildman–Crippen LogP) is 4.57. The van der Waals surface area contributed by atoms with Crippen LogP contribution >= 0.6 is 0 Å². The molecule has 196 valence electrons. The summed E-state index contributed by atoms with van der Waals surface area (Å²) in [5.74, 6) is 0.539. The summed E-state index contributed by atoms with van der Waals surface area (Å²) in [5.41, 5.74) is 0.105. The van der Waals surface area contributed by atoms with E-state index in [0.717, 1.165) is 24.1 Å². The van der Waals surface area contributed by atoms with E-state index < -0.39 is 23.0 Å². The quantitative estimate of drug-likeness (QED) is 0.647. The zero-order valence-electron chi connectivity index (χ0n) is 21.1. The molecule has 36 heavy (non-hydrogen) atoms. The third-order valence-corrected chi connectivity index (χ3v) is 7.73. The number of hydrogen-bond acceptors (Lipinski definition) is 4. The van der Waals surface area contributed by atoms with Crippen LogP contribution in [0.1, 0.15) is 66.8 Å². The molecule has 0 radical (unpaired) electrons. The van der Waals surface area contributed by atoms with Crippen LogP contribution in [0.5, 0.6) is 5.75 Å². The largest absolute Gasteiger partial charge is 0.490 e. The summed E-state index contributed by atoms with van der Waals surface area (Å²) in [5, 5.41) is 9.90. The fraction of sp³-hybridized carbons (Fsp3) is 0.593. The molecule has 0 unspecified atom stereocenters. The Morgan fingerprint density at radius 1 is 1.08 bits per heavy atom. The van der Waals surface area contributed by atoms with Crippen LogP contribution in [0.15, 0.2) is 30.3 Å². The number of aryl methyl sites for hydroxylation is 1. The van der Waals surface area contributed by atoms with Crippen LogP contribution in [0.25, 0.3) is 0 Å². The van der Waals surface area contributed by atoms with Crippen LogP contribution in [0.4, 0.5) is 13.2 Å². The summed E-state index contributed by atoms with van der Waals surface area (Å²) < 4.78 is 48.1. The predicted molar refractivity (Wildman–Crippen MR) is 129 cm³/mol. The molecule has 0 bridgehead atoms. The Morgan fingerprint density at radius 2 is 1.78 bits per heavy atom. The molecule has 1 saturated carbocycles. The number of benzene rings is 1. The molecule has 2 fully saturated rings. The Bertz CT molecular complexity index is 1140. The van der Waals surface area contributed by atoms with Crippen LogP contribution in [-0.2, 0) is 18.3 Å². The van der Waals surface area contributed by atoms with Gasteiger partial charge in [-0.1, -0.05) is 0 Å². The van der Waals surface area contributed by atoms with Crippen molar-refractivity contribution in [1.29, 1.82) is 0 Å². The average molecular weight is 506 g/mol. The number of halogens is 3. The van der Waals surface area contributed by atoms with Gasteiger partial charge < -0.3 is 19.3 Å². The molecule has 1 amide bonds. The second-order valence-corrected chi connectivity index (χ2v) is 11.1. The second kappa shape index (κ2) is 8.80. The van der Waals surface area contributed by atoms with E-state index in [2.05, 4.69) is 4.90 Å². The zero-order chi connectivity index (χ0) is 25.9. The number of alkyl halides is 3. The first kappa shape index (κ1) is 25.1. The van der Waals surface area contributed by atoms with E-state index in [0.29, 0.717) is 56.4 Å².